The van der Waals surface area contributed by atoms with Crippen LogP contribution in [0.15, 0.2) is 18.2 Å². The van der Waals surface area contributed by atoms with E-state index < -0.39 is 11.0 Å². The third-order valence-electron chi connectivity index (χ3n) is 5.72. The molecule has 28 heavy (non-hydrogen) atoms. The molecule has 2 amide bonds. The van der Waals surface area contributed by atoms with Gasteiger partial charge in [0.2, 0.25) is 5.91 Å². The van der Waals surface area contributed by atoms with Gasteiger partial charge in [-0.3, -0.25) is 19.7 Å². The monoisotopic (exact) mass is 410 g/mol. The highest BCUT2D eigenvalue weighted by atomic mass is 35.5. The van der Waals surface area contributed by atoms with E-state index in [0.29, 0.717) is 43.1 Å². The van der Waals surface area contributed by atoms with Crippen LogP contribution in [0.4, 0.5) is 5.69 Å². The molecule has 8 nitrogen and oxygen atoms in total. The summed E-state index contributed by atoms with van der Waals surface area (Å²) < 4.78 is 0. The number of nitro benzene ring substituents is 1. The number of carbonyl (C=O) groups is 2. The Morgan fingerprint density at radius 2 is 2.04 bits per heavy atom. The minimum atomic E-state index is -0.466. The second-order valence-corrected chi connectivity index (χ2v) is 7.59. The summed E-state index contributed by atoms with van der Waals surface area (Å²) in [5.74, 6) is 0.0563. The lowest BCUT2D eigenvalue weighted by Gasteiger charge is -2.30. The first-order chi connectivity index (χ1) is 12.8. The summed E-state index contributed by atoms with van der Waals surface area (Å²) in [6, 6.07) is 4.01. The highest BCUT2D eigenvalue weighted by Gasteiger charge is 2.41. The van der Waals surface area contributed by atoms with Gasteiger partial charge in [0.05, 0.1) is 4.92 Å². The molecule has 1 aromatic carbocycles. The molecule has 0 saturated carbocycles. The normalized spacial score (nSPS) is 24.2. The van der Waals surface area contributed by atoms with Gasteiger partial charge < -0.3 is 15.5 Å². The van der Waals surface area contributed by atoms with Crippen LogP contribution in [0.5, 0.6) is 0 Å². The van der Waals surface area contributed by atoms with Crippen molar-refractivity contribution in [3.63, 3.8) is 0 Å². The zero-order valence-corrected chi connectivity index (χ0v) is 17.0. The average Bonchev–Trinajstić information content (AvgIpc) is 3.26. The van der Waals surface area contributed by atoms with Crippen LogP contribution in [0.2, 0.25) is 0 Å². The fraction of sp³-hybridized carbons (Fsp3) is 0.579. The highest BCUT2D eigenvalue weighted by molar-refractivity contribution is 5.98. The number of hydrogen-bond donors (Lipinski definition) is 1. The quantitative estimate of drug-likeness (QED) is 0.603. The number of nitrogens with zero attached hydrogens (tertiary/aromatic N) is 3. The molecule has 9 heteroatoms. The standard InChI is InChI=1S/C19H26N4O4.ClH/c1-12-8-15(5-6-16(12)23(26)27)18(24)21-7-3-4-17(21)19(25)22-11-14(10-20)9-13(22)2;/h5-6,8,13-14,17H,3-4,7,9-11,20H2,1-2H3;1H. The van der Waals surface area contributed by atoms with Crippen molar-refractivity contribution in [3.8, 4) is 0 Å². The molecule has 2 aliphatic rings. The van der Waals surface area contributed by atoms with Gasteiger partial charge in [-0.15, -0.1) is 12.4 Å². The van der Waals surface area contributed by atoms with Crippen molar-refractivity contribution >= 4 is 29.9 Å². The third-order valence-corrected chi connectivity index (χ3v) is 5.72. The average molecular weight is 411 g/mol. The lowest BCUT2D eigenvalue weighted by atomic mass is 10.1. The molecule has 2 N–H and O–H groups in total. The summed E-state index contributed by atoms with van der Waals surface area (Å²) in [5.41, 5.74) is 6.56. The van der Waals surface area contributed by atoms with Crippen LogP contribution in [-0.4, -0.2) is 58.3 Å². The molecular formula is C19H27ClN4O4. The summed E-state index contributed by atoms with van der Waals surface area (Å²) in [6.07, 6.45) is 2.31. The van der Waals surface area contributed by atoms with E-state index in [1.54, 1.807) is 11.8 Å². The molecule has 0 aliphatic carbocycles. The van der Waals surface area contributed by atoms with Crippen molar-refractivity contribution < 1.29 is 14.5 Å². The van der Waals surface area contributed by atoms with Crippen molar-refractivity contribution in [2.75, 3.05) is 19.6 Å². The number of likely N-dealkylation sites (tertiary alicyclic amines) is 2. The zero-order valence-electron chi connectivity index (χ0n) is 16.2. The smallest absolute Gasteiger partial charge is 0.272 e. The van der Waals surface area contributed by atoms with E-state index in [0.717, 1.165) is 12.8 Å². The molecule has 0 aromatic heterocycles. The Morgan fingerprint density at radius 3 is 2.61 bits per heavy atom. The maximum atomic E-state index is 13.1. The predicted molar refractivity (Wildman–Crippen MR) is 107 cm³/mol. The second kappa shape index (κ2) is 8.87. The zero-order chi connectivity index (χ0) is 19.7. The summed E-state index contributed by atoms with van der Waals surface area (Å²) in [7, 11) is 0. The lowest BCUT2D eigenvalue weighted by molar-refractivity contribution is -0.385. The van der Waals surface area contributed by atoms with Gasteiger partial charge in [0.25, 0.3) is 11.6 Å². The molecule has 2 heterocycles. The Hall–Kier alpha value is -2.19. The fourth-order valence-electron chi connectivity index (χ4n) is 4.24. The van der Waals surface area contributed by atoms with E-state index in [2.05, 4.69) is 0 Å². The van der Waals surface area contributed by atoms with Crippen LogP contribution >= 0.6 is 12.4 Å². The molecule has 3 rings (SSSR count). The van der Waals surface area contributed by atoms with Gasteiger partial charge in [0, 0.05) is 36.3 Å². The van der Waals surface area contributed by atoms with E-state index in [9.17, 15) is 19.7 Å². The van der Waals surface area contributed by atoms with Gasteiger partial charge in [0.15, 0.2) is 0 Å². The van der Waals surface area contributed by atoms with Gasteiger partial charge in [-0.25, -0.2) is 0 Å². The fourth-order valence-corrected chi connectivity index (χ4v) is 4.24. The van der Waals surface area contributed by atoms with Crippen molar-refractivity contribution in [2.45, 2.75) is 45.2 Å². The van der Waals surface area contributed by atoms with Crippen molar-refractivity contribution in [2.24, 2.45) is 11.7 Å². The van der Waals surface area contributed by atoms with Crippen LogP contribution in [0.25, 0.3) is 0 Å². The number of nitro groups is 1. The van der Waals surface area contributed by atoms with Crippen molar-refractivity contribution in [1.29, 1.82) is 0 Å². The topological polar surface area (TPSA) is 110 Å². The van der Waals surface area contributed by atoms with E-state index in [1.165, 1.54) is 18.2 Å². The first kappa shape index (κ1) is 22.1. The minimum absolute atomic E-state index is 0. The SMILES string of the molecule is Cc1cc(C(=O)N2CCCC2C(=O)N2CC(CN)CC2C)ccc1[N+](=O)[O-].Cl. The molecular weight excluding hydrogens is 384 g/mol. The Balaban J connectivity index is 0.00000280. The molecule has 154 valence electrons. The van der Waals surface area contributed by atoms with Crippen molar-refractivity contribution in [1.82, 2.24) is 9.80 Å². The van der Waals surface area contributed by atoms with Crippen LogP contribution in [0.1, 0.15) is 42.1 Å². The van der Waals surface area contributed by atoms with Gasteiger partial charge in [-0.1, -0.05) is 0 Å². The Bertz CT molecular complexity index is 772. The number of rotatable bonds is 4. The first-order valence-corrected chi connectivity index (χ1v) is 9.40. The molecule has 1 aromatic rings. The predicted octanol–water partition coefficient (Wildman–Crippen LogP) is 2.13. The molecule has 0 spiro atoms. The van der Waals surface area contributed by atoms with Crippen LogP contribution in [0, 0.1) is 23.0 Å². The molecule has 2 fully saturated rings. The number of amides is 2. The molecule has 2 saturated heterocycles. The molecule has 2 aliphatic heterocycles. The molecule has 3 unspecified atom stereocenters. The van der Waals surface area contributed by atoms with Crippen LogP contribution in [0.3, 0.4) is 0 Å². The summed E-state index contributed by atoms with van der Waals surface area (Å²) in [6.45, 7) is 5.36. The van der Waals surface area contributed by atoms with E-state index in [-0.39, 0.29) is 36.0 Å². The number of benzene rings is 1. The van der Waals surface area contributed by atoms with Gasteiger partial charge >= 0.3 is 0 Å². The Labute approximate surface area is 170 Å². The third kappa shape index (κ3) is 4.12. The number of halogens is 1. The first-order valence-electron chi connectivity index (χ1n) is 9.40. The second-order valence-electron chi connectivity index (χ2n) is 7.59. The maximum absolute atomic E-state index is 13.1. The van der Waals surface area contributed by atoms with Gasteiger partial charge in [0.1, 0.15) is 6.04 Å². The Kier molecular flexibility index (Phi) is 7.01. The lowest BCUT2D eigenvalue weighted by Crippen LogP contribution is -2.49. The highest BCUT2D eigenvalue weighted by Crippen LogP contribution is 2.28. The minimum Gasteiger partial charge on any atom is -0.338 e. The number of nitrogens with two attached hydrogens (primary N) is 1. The summed E-state index contributed by atoms with van der Waals surface area (Å²) in [4.78, 5) is 40.0. The van der Waals surface area contributed by atoms with E-state index >= 15 is 0 Å². The van der Waals surface area contributed by atoms with E-state index in [4.69, 9.17) is 5.73 Å². The van der Waals surface area contributed by atoms with Gasteiger partial charge in [-0.2, -0.15) is 0 Å². The molecule has 0 radical (unpaired) electrons. The Morgan fingerprint density at radius 1 is 1.32 bits per heavy atom. The largest absolute Gasteiger partial charge is 0.338 e. The van der Waals surface area contributed by atoms with Gasteiger partial charge in [-0.05, 0) is 57.7 Å². The number of hydrogen-bond acceptors (Lipinski definition) is 5. The van der Waals surface area contributed by atoms with E-state index in [1.807, 2.05) is 11.8 Å². The van der Waals surface area contributed by atoms with Crippen LogP contribution < -0.4 is 5.73 Å². The molecule has 3 atom stereocenters. The van der Waals surface area contributed by atoms with Crippen molar-refractivity contribution in [3.05, 3.63) is 39.4 Å². The summed E-state index contributed by atoms with van der Waals surface area (Å²) >= 11 is 0. The molecule has 0 bridgehead atoms. The van der Waals surface area contributed by atoms with Crippen LogP contribution in [-0.2, 0) is 4.79 Å². The number of carbonyl (C=O) groups excluding carboxylic acids is 2. The summed E-state index contributed by atoms with van der Waals surface area (Å²) in [5, 5.41) is 11.0. The maximum Gasteiger partial charge on any atom is 0.272 e. The number of aryl methyl sites for hydroxylation is 1.